The predicted octanol–water partition coefficient (Wildman–Crippen LogP) is 2.96. The second kappa shape index (κ2) is 8.62. The van der Waals surface area contributed by atoms with E-state index < -0.39 is 17.8 Å². The summed E-state index contributed by atoms with van der Waals surface area (Å²) < 4.78 is 38.3. The molecule has 0 saturated carbocycles. The third-order valence-corrected chi connectivity index (χ3v) is 5.65. The largest absolute Gasteiger partial charge is 0.416 e. The van der Waals surface area contributed by atoms with Gasteiger partial charge in [-0.2, -0.15) is 18.3 Å². The van der Waals surface area contributed by atoms with Gasteiger partial charge in [-0.15, -0.1) is 0 Å². The average Bonchev–Trinajstić information content (AvgIpc) is 3.12. The minimum absolute atomic E-state index is 0.130. The number of alkyl halides is 3. The number of H-pyrrole nitrogens is 1. The molecular weight excluding hydrogens is 423 g/mol. The second-order valence-electron chi connectivity index (χ2n) is 7.74. The first kappa shape index (κ1) is 21.8. The molecule has 1 aromatic heterocycles. The van der Waals surface area contributed by atoms with Gasteiger partial charge in [0.05, 0.1) is 17.3 Å². The summed E-state index contributed by atoms with van der Waals surface area (Å²) in [5.74, 6) is -0.506. The standard InChI is InChI=1S/C22H22F3N5O2/c23-22(24,25)17-5-2-14(3-6-17)19(26)21(32)30-9-1-8-29(10-11-30)20(31)15-4-7-18-16(12-15)13-27-28-18/h2-7,12-13,19H,1,8-11,26H2,(H,27,28). The number of nitrogens with zero attached hydrogens (tertiary/aromatic N) is 3. The number of hydrogen-bond donors (Lipinski definition) is 2. The number of fused-ring (bicyclic) bond motifs is 1. The van der Waals surface area contributed by atoms with Gasteiger partial charge in [0.15, 0.2) is 0 Å². The number of carbonyl (C=O) groups is 2. The summed E-state index contributed by atoms with van der Waals surface area (Å²) in [4.78, 5) is 29.1. The van der Waals surface area contributed by atoms with Gasteiger partial charge in [-0.1, -0.05) is 12.1 Å². The van der Waals surface area contributed by atoms with Gasteiger partial charge in [0.1, 0.15) is 6.04 Å². The highest BCUT2D eigenvalue weighted by atomic mass is 19.4. The first-order valence-electron chi connectivity index (χ1n) is 10.2. The molecular formula is C22H22F3N5O2. The predicted molar refractivity (Wildman–Crippen MR) is 112 cm³/mol. The van der Waals surface area contributed by atoms with E-state index in [1.165, 1.54) is 12.1 Å². The number of amides is 2. The molecule has 168 valence electrons. The van der Waals surface area contributed by atoms with Crippen LogP contribution in [0.25, 0.3) is 10.9 Å². The van der Waals surface area contributed by atoms with Crippen LogP contribution in [0.1, 0.15) is 33.9 Å². The fourth-order valence-corrected chi connectivity index (χ4v) is 3.82. The van der Waals surface area contributed by atoms with Crippen molar-refractivity contribution in [1.29, 1.82) is 0 Å². The Bertz CT molecular complexity index is 1130. The molecule has 2 heterocycles. The average molecular weight is 445 g/mol. The van der Waals surface area contributed by atoms with Crippen LogP contribution in [-0.4, -0.2) is 58.0 Å². The van der Waals surface area contributed by atoms with Gasteiger partial charge < -0.3 is 15.5 Å². The molecule has 1 atom stereocenters. The van der Waals surface area contributed by atoms with Crippen molar-refractivity contribution in [3.8, 4) is 0 Å². The zero-order valence-electron chi connectivity index (χ0n) is 17.1. The number of halogens is 3. The molecule has 1 saturated heterocycles. The molecule has 7 nitrogen and oxygen atoms in total. The number of benzene rings is 2. The molecule has 4 rings (SSSR count). The van der Waals surface area contributed by atoms with Crippen LogP contribution in [0.5, 0.6) is 0 Å². The lowest BCUT2D eigenvalue weighted by Crippen LogP contribution is -2.41. The van der Waals surface area contributed by atoms with E-state index in [0.717, 1.165) is 23.0 Å². The van der Waals surface area contributed by atoms with Gasteiger partial charge in [-0.3, -0.25) is 14.7 Å². The van der Waals surface area contributed by atoms with Crippen molar-refractivity contribution in [2.45, 2.75) is 18.6 Å². The maximum Gasteiger partial charge on any atom is 0.416 e. The van der Waals surface area contributed by atoms with Crippen molar-refractivity contribution in [2.24, 2.45) is 5.73 Å². The van der Waals surface area contributed by atoms with E-state index in [1.807, 2.05) is 0 Å². The highest BCUT2D eigenvalue weighted by molar-refractivity contribution is 5.98. The maximum atomic E-state index is 12.9. The van der Waals surface area contributed by atoms with Crippen molar-refractivity contribution in [3.63, 3.8) is 0 Å². The third-order valence-electron chi connectivity index (χ3n) is 5.65. The summed E-state index contributed by atoms with van der Waals surface area (Å²) in [5.41, 5.74) is 6.95. The SMILES string of the molecule is NC(C(=O)N1CCCN(C(=O)c2ccc3[nH]ncc3c2)CC1)c1ccc(C(F)(F)F)cc1. The van der Waals surface area contributed by atoms with Gasteiger partial charge in [-0.25, -0.2) is 0 Å². The van der Waals surface area contributed by atoms with Crippen LogP contribution in [0.3, 0.4) is 0 Å². The Kier molecular flexibility index (Phi) is 5.88. The minimum Gasteiger partial charge on any atom is -0.339 e. The van der Waals surface area contributed by atoms with Crippen LogP contribution in [0.15, 0.2) is 48.7 Å². The lowest BCUT2D eigenvalue weighted by molar-refractivity contribution is -0.137. The van der Waals surface area contributed by atoms with Crippen LogP contribution in [0.2, 0.25) is 0 Å². The topological polar surface area (TPSA) is 95.3 Å². The molecule has 2 aromatic carbocycles. The number of rotatable bonds is 3. The fraction of sp³-hybridized carbons (Fsp3) is 0.318. The van der Waals surface area contributed by atoms with E-state index in [0.29, 0.717) is 43.7 Å². The first-order valence-corrected chi connectivity index (χ1v) is 10.2. The zero-order chi connectivity index (χ0) is 22.9. The van der Waals surface area contributed by atoms with E-state index in [4.69, 9.17) is 5.73 Å². The zero-order valence-corrected chi connectivity index (χ0v) is 17.1. The van der Waals surface area contributed by atoms with Crippen LogP contribution >= 0.6 is 0 Å². The van der Waals surface area contributed by atoms with Crippen LogP contribution in [0.4, 0.5) is 13.2 Å². The molecule has 0 radical (unpaired) electrons. The van der Waals surface area contributed by atoms with Crippen LogP contribution in [-0.2, 0) is 11.0 Å². The number of nitrogens with two attached hydrogens (primary N) is 1. The monoisotopic (exact) mass is 445 g/mol. The van der Waals surface area contributed by atoms with E-state index in [9.17, 15) is 22.8 Å². The van der Waals surface area contributed by atoms with Gasteiger partial charge >= 0.3 is 6.18 Å². The number of carbonyl (C=O) groups excluding carboxylic acids is 2. The molecule has 0 spiro atoms. The summed E-state index contributed by atoms with van der Waals surface area (Å²) in [6.07, 6.45) is -2.22. The van der Waals surface area contributed by atoms with Crippen molar-refractivity contribution < 1.29 is 22.8 Å². The van der Waals surface area contributed by atoms with E-state index in [1.54, 1.807) is 34.2 Å². The number of nitrogens with one attached hydrogen (secondary N) is 1. The Hall–Kier alpha value is -3.40. The maximum absolute atomic E-state index is 12.9. The normalized spacial score (nSPS) is 16.1. The molecule has 0 bridgehead atoms. The van der Waals surface area contributed by atoms with E-state index >= 15 is 0 Å². The van der Waals surface area contributed by atoms with Crippen molar-refractivity contribution in [1.82, 2.24) is 20.0 Å². The smallest absolute Gasteiger partial charge is 0.339 e. The molecule has 2 amide bonds. The summed E-state index contributed by atoms with van der Waals surface area (Å²) in [5, 5.41) is 7.63. The molecule has 32 heavy (non-hydrogen) atoms. The summed E-state index contributed by atoms with van der Waals surface area (Å²) in [6.45, 7) is 1.54. The molecule has 1 unspecified atom stereocenters. The number of hydrogen-bond acceptors (Lipinski definition) is 4. The Morgan fingerprint density at radius 1 is 1.00 bits per heavy atom. The van der Waals surface area contributed by atoms with Crippen molar-refractivity contribution in [3.05, 3.63) is 65.4 Å². The van der Waals surface area contributed by atoms with Crippen molar-refractivity contribution >= 4 is 22.7 Å². The number of aromatic nitrogens is 2. The molecule has 1 fully saturated rings. The minimum atomic E-state index is -4.45. The molecule has 3 N–H and O–H groups in total. The summed E-state index contributed by atoms with van der Waals surface area (Å²) in [6, 6.07) is 8.53. The molecule has 1 aliphatic heterocycles. The fourth-order valence-electron chi connectivity index (χ4n) is 3.82. The van der Waals surface area contributed by atoms with Crippen molar-refractivity contribution in [2.75, 3.05) is 26.2 Å². The highest BCUT2D eigenvalue weighted by Gasteiger charge is 2.31. The third kappa shape index (κ3) is 4.45. The van der Waals surface area contributed by atoms with E-state index in [2.05, 4.69) is 10.2 Å². The summed E-state index contributed by atoms with van der Waals surface area (Å²) >= 11 is 0. The quantitative estimate of drug-likeness (QED) is 0.648. The molecule has 1 aliphatic rings. The van der Waals surface area contributed by atoms with E-state index in [-0.39, 0.29) is 11.8 Å². The van der Waals surface area contributed by atoms with Crippen LogP contribution in [0, 0.1) is 0 Å². The summed E-state index contributed by atoms with van der Waals surface area (Å²) in [7, 11) is 0. The van der Waals surface area contributed by atoms with Gasteiger partial charge in [0, 0.05) is 37.1 Å². The Morgan fingerprint density at radius 2 is 1.69 bits per heavy atom. The lowest BCUT2D eigenvalue weighted by Gasteiger charge is -2.25. The lowest BCUT2D eigenvalue weighted by atomic mass is 10.0. The Morgan fingerprint density at radius 3 is 2.41 bits per heavy atom. The van der Waals surface area contributed by atoms with Gasteiger partial charge in [0.2, 0.25) is 5.91 Å². The molecule has 0 aliphatic carbocycles. The van der Waals surface area contributed by atoms with Gasteiger partial charge in [-0.05, 0) is 42.3 Å². The highest BCUT2D eigenvalue weighted by Crippen LogP contribution is 2.30. The second-order valence-corrected chi connectivity index (χ2v) is 7.74. The van der Waals surface area contributed by atoms with Crippen LogP contribution < -0.4 is 5.73 Å². The Labute approximate surface area is 182 Å². The first-order chi connectivity index (χ1) is 15.2. The number of aromatic amines is 1. The molecule has 10 heteroatoms. The van der Waals surface area contributed by atoms with Gasteiger partial charge in [0.25, 0.3) is 5.91 Å². The molecule has 3 aromatic rings. The Balaban J connectivity index is 1.40.